The van der Waals surface area contributed by atoms with Gasteiger partial charge in [-0.25, -0.2) is 4.39 Å². The summed E-state index contributed by atoms with van der Waals surface area (Å²) in [6.45, 7) is 0.280. The standard InChI is InChI=1S/C18H19FN2O2S/c1-21-16(22)8-7-14(17(21)15-6-3-9-24-15)18(23)20-11-12-4-2-5-13(19)10-12/h2-6,9-10,14,17H,7-8,11H2,1H3,(H,20,23)/t14-,17-/m0/s1. The molecule has 1 aromatic carbocycles. The number of hydrogen-bond donors (Lipinski definition) is 1. The molecule has 6 heteroatoms. The van der Waals surface area contributed by atoms with Crippen LogP contribution in [0.25, 0.3) is 0 Å². The lowest BCUT2D eigenvalue weighted by Gasteiger charge is -2.37. The highest BCUT2D eigenvalue weighted by Gasteiger charge is 2.39. The van der Waals surface area contributed by atoms with E-state index in [0.717, 1.165) is 10.4 Å². The molecule has 1 aromatic heterocycles. The summed E-state index contributed by atoms with van der Waals surface area (Å²) in [5.41, 5.74) is 0.719. The first-order chi connectivity index (χ1) is 11.6. The second kappa shape index (κ2) is 7.13. The number of hydrogen-bond acceptors (Lipinski definition) is 3. The molecule has 2 atom stereocenters. The van der Waals surface area contributed by atoms with E-state index in [-0.39, 0.29) is 36.1 Å². The molecule has 2 heterocycles. The lowest BCUT2D eigenvalue weighted by Crippen LogP contribution is -2.45. The van der Waals surface area contributed by atoms with Crippen LogP contribution in [0.2, 0.25) is 0 Å². The van der Waals surface area contributed by atoms with Crippen LogP contribution in [0.1, 0.15) is 29.3 Å². The lowest BCUT2D eigenvalue weighted by atomic mass is 9.87. The number of nitrogens with zero attached hydrogens (tertiary/aromatic N) is 1. The zero-order chi connectivity index (χ0) is 17.1. The fourth-order valence-electron chi connectivity index (χ4n) is 3.13. The van der Waals surface area contributed by atoms with Gasteiger partial charge in [-0.2, -0.15) is 0 Å². The van der Waals surface area contributed by atoms with Crippen molar-refractivity contribution < 1.29 is 14.0 Å². The third-order valence-corrected chi connectivity index (χ3v) is 5.33. The molecule has 0 bridgehead atoms. The van der Waals surface area contributed by atoms with Crippen molar-refractivity contribution >= 4 is 23.2 Å². The topological polar surface area (TPSA) is 49.4 Å². The van der Waals surface area contributed by atoms with E-state index < -0.39 is 0 Å². The van der Waals surface area contributed by atoms with Gasteiger partial charge in [0.15, 0.2) is 0 Å². The number of nitrogens with one attached hydrogen (secondary N) is 1. The molecular formula is C18H19FN2O2S. The summed E-state index contributed by atoms with van der Waals surface area (Å²) < 4.78 is 13.2. The Bertz CT molecular complexity index is 732. The van der Waals surface area contributed by atoms with Crippen molar-refractivity contribution in [2.24, 2.45) is 5.92 Å². The van der Waals surface area contributed by atoms with Crippen molar-refractivity contribution in [2.75, 3.05) is 7.05 Å². The molecule has 1 saturated heterocycles. The number of thiophene rings is 1. The van der Waals surface area contributed by atoms with Crippen molar-refractivity contribution in [2.45, 2.75) is 25.4 Å². The van der Waals surface area contributed by atoms with Crippen LogP contribution in [0.5, 0.6) is 0 Å². The van der Waals surface area contributed by atoms with Crippen molar-refractivity contribution in [1.82, 2.24) is 10.2 Å². The number of carbonyl (C=O) groups excluding carboxylic acids is 2. The Morgan fingerprint density at radius 1 is 1.38 bits per heavy atom. The van der Waals surface area contributed by atoms with E-state index >= 15 is 0 Å². The number of carbonyl (C=O) groups is 2. The largest absolute Gasteiger partial charge is 0.352 e. The smallest absolute Gasteiger partial charge is 0.225 e. The zero-order valence-corrected chi connectivity index (χ0v) is 14.2. The minimum atomic E-state index is -0.318. The highest BCUT2D eigenvalue weighted by Crippen LogP contribution is 2.37. The van der Waals surface area contributed by atoms with Crippen LogP contribution in [0, 0.1) is 11.7 Å². The second-order valence-corrected chi connectivity index (χ2v) is 6.94. The first-order valence-corrected chi connectivity index (χ1v) is 8.75. The Morgan fingerprint density at radius 2 is 2.21 bits per heavy atom. The minimum Gasteiger partial charge on any atom is -0.352 e. The van der Waals surface area contributed by atoms with E-state index in [2.05, 4.69) is 5.32 Å². The summed E-state index contributed by atoms with van der Waals surface area (Å²) in [6.07, 6.45) is 0.900. The van der Waals surface area contributed by atoms with Gasteiger partial charge in [0.05, 0.1) is 12.0 Å². The Kier molecular flexibility index (Phi) is 4.94. The Morgan fingerprint density at radius 3 is 2.92 bits per heavy atom. The number of halogens is 1. The molecule has 2 aromatic rings. The number of rotatable bonds is 4. The average Bonchev–Trinajstić information content (AvgIpc) is 3.09. The number of amides is 2. The Labute approximate surface area is 144 Å². The molecule has 1 aliphatic heterocycles. The molecule has 0 saturated carbocycles. The van der Waals surface area contributed by atoms with Crippen molar-refractivity contribution in [1.29, 1.82) is 0 Å². The number of piperidine rings is 1. The van der Waals surface area contributed by atoms with E-state index in [1.54, 1.807) is 35.4 Å². The molecule has 4 nitrogen and oxygen atoms in total. The summed E-state index contributed by atoms with van der Waals surface area (Å²) in [4.78, 5) is 27.4. The fourth-order valence-corrected chi connectivity index (χ4v) is 4.06. The average molecular weight is 346 g/mol. The van der Waals surface area contributed by atoms with Gasteiger partial charge in [-0.15, -0.1) is 11.3 Å². The zero-order valence-electron chi connectivity index (χ0n) is 13.4. The summed E-state index contributed by atoms with van der Waals surface area (Å²) >= 11 is 1.55. The fraction of sp³-hybridized carbons (Fsp3) is 0.333. The summed E-state index contributed by atoms with van der Waals surface area (Å²) in [7, 11) is 1.75. The van der Waals surface area contributed by atoms with Gasteiger partial charge in [0.25, 0.3) is 0 Å². The third kappa shape index (κ3) is 3.48. The van der Waals surface area contributed by atoms with Crippen molar-refractivity contribution in [3.8, 4) is 0 Å². The number of likely N-dealkylation sites (tertiary alicyclic amines) is 1. The van der Waals surface area contributed by atoms with Crippen LogP contribution in [-0.4, -0.2) is 23.8 Å². The molecule has 0 spiro atoms. The predicted octanol–water partition coefficient (Wildman–Crippen LogP) is 3.11. The van der Waals surface area contributed by atoms with E-state index in [9.17, 15) is 14.0 Å². The Balaban J connectivity index is 1.73. The van der Waals surface area contributed by atoms with E-state index in [1.807, 2.05) is 17.5 Å². The maximum absolute atomic E-state index is 13.2. The second-order valence-electron chi connectivity index (χ2n) is 5.96. The molecule has 2 amide bonds. The molecular weight excluding hydrogens is 327 g/mol. The summed E-state index contributed by atoms with van der Waals surface area (Å²) in [5.74, 6) is -0.652. The molecule has 126 valence electrons. The molecule has 0 aliphatic carbocycles. The van der Waals surface area contributed by atoms with Gasteiger partial charge in [0.1, 0.15) is 5.82 Å². The molecule has 0 unspecified atom stereocenters. The Hall–Kier alpha value is -2.21. The summed E-state index contributed by atoms with van der Waals surface area (Å²) in [6, 6.07) is 9.83. The monoisotopic (exact) mass is 346 g/mol. The van der Waals surface area contributed by atoms with E-state index in [0.29, 0.717) is 12.8 Å². The van der Waals surface area contributed by atoms with Crippen LogP contribution >= 0.6 is 11.3 Å². The summed E-state index contributed by atoms with van der Waals surface area (Å²) in [5, 5.41) is 4.83. The van der Waals surface area contributed by atoms with Gasteiger partial charge < -0.3 is 10.2 Å². The SMILES string of the molecule is CN1C(=O)CC[C@H](C(=O)NCc2cccc(F)c2)[C@H]1c1cccs1. The minimum absolute atomic E-state index is 0.0579. The maximum Gasteiger partial charge on any atom is 0.225 e. The van der Waals surface area contributed by atoms with Gasteiger partial charge in [-0.05, 0) is 35.6 Å². The van der Waals surface area contributed by atoms with Gasteiger partial charge in [-0.1, -0.05) is 18.2 Å². The first kappa shape index (κ1) is 16.6. The van der Waals surface area contributed by atoms with Gasteiger partial charge >= 0.3 is 0 Å². The van der Waals surface area contributed by atoms with Crippen LogP contribution in [0.4, 0.5) is 4.39 Å². The van der Waals surface area contributed by atoms with Gasteiger partial charge in [-0.3, -0.25) is 9.59 Å². The van der Waals surface area contributed by atoms with E-state index in [4.69, 9.17) is 0 Å². The van der Waals surface area contributed by atoms with Crippen molar-refractivity contribution in [3.05, 3.63) is 58.0 Å². The van der Waals surface area contributed by atoms with Gasteiger partial charge in [0.2, 0.25) is 11.8 Å². The molecule has 0 radical (unpaired) electrons. The van der Waals surface area contributed by atoms with Crippen LogP contribution < -0.4 is 5.32 Å². The van der Waals surface area contributed by atoms with Crippen LogP contribution in [-0.2, 0) is 16.1 Å². The molecule has 1 N–H and O–H groups in total. The molecule has 24 heavy (non-hydrogen) atoms. The van der Waals surface area contributed by atoms with Crippen LogP contribution in [0.3, 0.4) is 0 Å². The molecule has 1 aliphatic rings. The maximum atomic E-state index is 13.2. The lowest BCUT2D eigenvalue weighted by molar-refractivity contribution is -0.141. The highest BCUT2D eigenvalue weighted by molar-refractivity contribution is 7.10. The van der Waals surface area contributed by atoms with Gasteiger partial charge in [0, 0.05) is 24.9 Å². The first-order valence-electron chi connectivity index (χ1n) is 7.87. The third-order valence-electron chi connectivity index (χ3n) is 4.39. The predicted molar refractivity (Wildman–Crippen MR) is 90.8 cm³/mol. The normalized spacial score (nSPS) is 20.9. The highest BCUT2D eigenvalue weighted by atomic mass is 32.1. The quantitative estimate of drug-likeness (QED) is 0.925. The molecule has 3 rings (SSSR count). The molecule has 1 fully saturated rings. The van der Waals surface area contributed by atoms with Crippen LogP contribution in [0.15, 0.2) is 41.8 Å². The van der Waals surface area contributed by atoms with Crippen molar-refractivity contribution in [3.63, 3.8) is 0 Å². The van der Waals surface area contributed by atoms with E-state index in [1.165, 1.54) is 12.1 Å². The number of benzene rings is 1.